The number of carboxylic acid groups (broad SMARTS) is 1. The van der Waals surface area contributed by atoms with Crippen molar-refractivity contribution in [2.45, 2.75) is 12.5 Å². The Balaban J connectivity index is 0.000000269. The van der Waals surface area contributed by atoms with Gasteiger partial charge >= 0.3 is 5.97 Å². The Morgan fingerprint density at radius 3 is 2.60 bits per heavy atom. The summed E-state index contributed by atoms with van der Waals surface area (Å²) in [6.07, 6.45) is 3.42. The van der Waals surface area contributed by atoms with Gasteiger partial charge in [0.2, 0.25) is 0 Å². The van der Waals surface area contributed by atoms with Crippen LogP contribution in [0.15, 0.2) is 60.9 Å². The summed E-state index contributed by atoms with van der Waals surface area (Å²) in [7, 11) is 0. The standard InChI is InChI=1S/C15H13N3O4.C6H5FO/c19-14(11-4-3-9(8-17-11)15(20)21)18-10-5-7-22-12-2-1-6-16-13(10)12;7-5-2-1-3-6(8)4-5/h1-4,6,8,10H,5,7H2,(H,18,19)(H,20,21);1-4,8H. The summed E-state index contributed by atoms with van der Waals surface area (Å²) < 4.78 is 17.5. The predicted molar refractivity (Wildman–Crippen MR) is 104 cm³/mol. The number of aromatic carboxylic acids is 1. The fraction of sp³-hybridized carbons (Fsp3) is 0.143. The maximum absolute atomic E-state index is 12.2. The highest BCUT2D eigenvalue weighted by Crippen LogP contribution is 2.29. The van der Waals surface area contributed by atoms with Gasteiger partial charge < -0.3 is 20.3 Å². The number of fused-ring (bicyclic) bond motifs is 1. The summed E-state index contributed by atoms with van der Waals surface area (Å²) in [6.45, 7) is 0.495. The molecule has 0 spiro atoms. The number of phenols is 1. The smallest absolute Gasteiger partial charge is 0.337 e. The predicted octanol–water partition coefficient (Wildman–Crippen LogP) is 2.96. The number of benzene rings is 1. The van der Waals surface area contributed by atoms with E-state index in [0.29, 0.717) is 24.5 Å². The maximum Gasteiger partial charge on any atom is 0.337 e. The number of nitrogens with zero attached hydrogens (tertiary/aromatic N) is 2. The number of carboxylic acids is 1. The molecule has 0 bridgehead atoms. The number of pyridine rings is 2. The molecule has 3 N–H and O–H groups in total. The van der Waals surface area contributed by atoms with Crippen LogP contribution in [-0.2, 0) is 0 Å². The number of carbonyl (C=O) groups is 2. The van der Waals surface area contributed by atoms with Crippen molar-refractivity contribution in [1.82, 2.24) is 15.3 Å². The topological polar surface area (TPSA) is 122 Å². The van der Waals surface area contributed by atoms with Gasteiger partial charge in [-0.2, -0.15) is 0 Å². The van der Waals surface area contributed by atoms with Gasteiger partial charge in [-0.1, -0.05) is 6.07 Å². The first-order valence-corrected chi connectivity index (χ1v) is 8.96. The number of aromatic nitrogens is 2. The van der Waals surface area contributed by atoms with Crippen LogP contribution in [0.25, 0.3) is 0 Å². The van der Waals surface area contributed by atoms with E-state index in [-0.39, 0.29) is 29.0 Å². The Bertz CT molecular complexity index is 1030. The SMILES string of the molecule is O=C(O)c1ccc(C(=O)NC2CCOc3cccnc32)nc1.Oc1cccc(F)c1. The van der Waals surface area contributed by atoms with Gasteiger partial charge in [-0.05, 0) is 36.4 Å². The summed E-state index contributed by atoms with van der Waals surface area (Å²) in [5, 5.41) is 20.2. The molecular formula is C21H18FN3O5. The number of phenolic OH excluding ortho intramolecular Hbond substituents is 1. The molecule has 0 saturated heterocycles. The zero-order valence-electron chi connectivity index (χ0n) is 15.7. The third-order valence-corrected chi connectivity index (χ3v) is 4.15. The van der Waals surface area contributed by atoms with E-state index in [9.17, 15) is 14.0 Å². The molecule has 30 heavy (non-hydrogen) atoms. The van der Waals surface area contributed by atoms with E-state index >= 15 is 0 Å². The molecule has 1 aliphatic heterocycles. The largest absolute Gasteiger partial charge is 0.508 e. The van der Waals surface area contributed by atoms with Crippen molar-refractivity contribution in [3.8, 4) is 11.5 Å². The summed E-state index contributed by atoms with van der Waals surface area (Å²) in [4.78, 5) is 31.1. The number of halogens is 1. The lowest BCUT2D eigenvalue weighted by molar-refractivity contribution is 0.0695. The molecule has 0 saturated carbocycles. The summed E-state index contributed by atoms with van der Waals surface area (Å²) >= 11 is 0. The first kappa shape index (κ1) is 20.7. The van der Waals surface area contributed by atoms with E-state index in [4.69, 9.17) is 14.9 Å². The average Bonchev–Trinajstić information content (AvgIpc) is 2.74. The van der Waals surface area contributed by atoms with Gasteiger partial charge in [0.25, 0.3) is 5.91 Å². The van der Waals surface area contributed by atoms with Crippen molar-refractivity contribution < 1.29 is 28.9 Å². The molecule has 154 valence electrons. The van der Waals surface area contributed by atoms with Crippen molar-refractivity contribution in [2.75, 3.05) is 6.61 Å². The molecule has 1 amide bonds. The number of aromatic hydroxyl groups is 1. The van der Waals surface area contributed by atoms with Gasteiger partial charge in [0.05, 0.1) is 18.2 Å². The van der Waals surface area contributed by atoms with Gasteiger partial charge in [0.1, 0.15) is 28.7 Å². The van der Waals surface area contributed by atoms with Gasteiger partial charge in [0.15, 0.2) is 0 Å². The van der Waals surface area contributed by atoms with Gasteiger partial charge in [-0.3, -0.25) is 14.8 Å². The van der Waals surface area contributed by atoms with Crippen LogP contribution in [0.5, 0.6) is 11.5 Å². The lowest BCUT2D eigenvalue weighted by atomic mass is 10.1. The first-order chi connectivity index (χ1) is 14.4. The van der Waals surface area contributed by atoms with Gasteiger partial charge in [-0.15, -0.1) is 0 Å². The fourth-order valence-electron chi connectivity index (χ4n) is 2.71. The van der Waals surface area contributed by atoms with E-state index in [0.717, 1.165) is 12.3 Å². The van der Waals surface area contributed by atoms with E-state index in [1.165, 1.54) is 30.3 Å². The summed E-state index contributed by atoms with van der Waals surface area (Å²) in [5.41, 5.74) is 0.882. The van der Waals surface area contributed by atoms with Crippen LogP contribution in [0.1, 0.15) is 39.0 Å². The minimum atomic E-state index is -1.08. The third kappa shape index (κ3) is 5.28. The van der Waals surface area contributed by atoms with Crippen LogP contribution in [0.3, 0.4) is 0 Å². The molecule has 3 heterocycles. The number of rotatable bonds is 3. The normalized spacial score (nSPS) is 14.4. The van der Waals surface area contributed by atoms with Crippen molar-refractivity contribution >= 4 is 11.9 Å². The number of hydrogen-bond acceptors (Lipinski definition) is 6. The number of hydrogen-bond donors (Lipinski definition) is 3. The van der Waals surface area contributed by atoms with Crippen LogP contribution < -0.4 is 10.1 Å². The van der Waals surface area contributed by atoms with Crippen LogP contribution >= 0.6 is 0 Å². The number of ether oxygens (including phenoxy) is 1. The molecule has 3 aromatic rings. The summed E-state index contributed by atoms with van der Waals surface area (Å²) in [5.74, 6) is -1.24. The van der Waals surface area contributed by atoms with E-state index in [2.05, 4.69) is 15.3 Å². The molecule has 1 unspecified atom stereocenters. The molecule has 2 aromatic heterocycles. The summed E-state index contributed by atoms with van der Waals surface area (Å²) in [6, 6.07) is 11.3. The van der Waals surface area contributed by atoms with Gasteiger partial charge in [-0.25, -0.2) is 9.18 Å². The second kappa shape index (κ2) is 9.46. The van der Waals surface area contributed by atoms with Gasteiger partial charge in [0, 0.05) is 24.9 Å². The maximum atomic E-state index is 12.2. The van der Waals surface area contributed by atoms with Crippen molar-refractivity contribution in [1.29, 1.82) is 0 Å². The highest BCUT2D eigenvalue weighted by atomic mass is 19.1. The number of amides is 1. The van der Waals surface area contributed by atoms with E-state index in [1.807, 2.05) is 0 Å². The third-order valence-electron chi connectivity index (χ3n) is 4.15. The molecule has 9 heteroatoms. The Labute approximate surface area is 171 Å². The molecule has 0 aliphatic carbocycles. The second-order valence-corrected chi connectivity index (χ2v) is 6.27. The lowest BCUT2D eigenvalue weighted by Gasteiger charge is -2.25. The van der Waals surface area contributed by atoms with Crippen molar-refractivity contribution in [2.24, 2.45) is 0 Å². The van der Waals surface area contributed by atoms with E-state index < -0.39 is 11.8 Å². The Hall–Kier alpha value is -4.01. The van der Waals surface area contributed by atoms with Crippen molar-refractivity contribution in [3.63, 3.8) is 0 Å². The molecule has 0 radical (unpaired) electrons. The highest BCUT2D eigenvalue weighted by Gasteiger charge is 2.25. The fourth-order valence-corrected chi connectivity index (χ4v) is 2.71. The molecule has 1 atom stereocenters. The Kier molecular flexibility index (Phi) is 6.53. The second-order valence-electron chi connectivity index (χ2n) is 6.27. The Morgan fingerprint density at radius 2 is 1.97 bits per heavy atom. The highest BCUT2D eigenvalue weighted by molar-refractivity contribution is 5.94. The Morgan fingerprint density at radius 1 is 1.13 bits per heavy atom. The number of nitrogens with one attached hydrogen (secondary N) is 1. The minimum Gasteiger partial charge on any atom is -0.508 e. The minimum absolute atomic E-state index is 0.0367. The van der Waals surface area contributed by atoms with Crippen LogP contribution in [0.2, 0.25) is 0 Å². The first-order valence-electron chi connectivity index (χ1n) is 8.96. The van der Waals surface area contributed by atoms with Crippen molar-refractivity contribution in [3.05, 3.63) is 83.7 Å². The molecule has 1 aromatic carbocycles. The molecule has 4 rings (SSSR count). The monoisotopic (exact) mass is 411 g/mol. The molecular weight excluding hydrogens is 393 g/mol. The quantitative estimate of drug-likeness (QED) is 0.606. The van der Waals surface area contributed by atoms with Crippen LogP contribution in [0.4, 0.5) is 4.39 Å². The zero-order valence-corrected chi connectivity index (χ0v) is 15.7. The molecule has 8 nitrogen and oxygen atoms in total. The average molecular weight is 411 g/mol. The zero-order chi connectivity index (χ0) is 21.5. The molecule has 1 aliphatic rings. The molecule has 0 fully saturated rings. The van der Waals surface area contributed by atoms with Crippen LogP contribution in [-0.4, -0.2) is 38.7 Å². The lowest BCUT2D eigenvalue weighted by Crippen LogP contribution is -2.33. The van der Waals surface area contributed by atoms with Crippen LogP contribution in [0, 0.1) is 5.82 Å². The number of carbonyl (C=O) groups excluding carboxylic acids is 1. The van der Waals surface area contributed by atoms with E-state index in [1.54, 1.807) is 18.3 Å².